The molecule has 1 N–H and O–H groups in total. The highest BCUT2D eigenvalue weighted by Crippen LogP contribution is 2.21. The Morgan fingerprint density at radius 1 is 1.50 bits per heavy atom. The summed E-state index contributed by atoms with van der Waals surface area (Å²) in [4.78, 5) is 13.2. The number of nitrogens with zero attached hydrogens (tertiary/aromatic N) is 1. The number of rotatable bonds is 1. The van der Waals surface area contributed by atoms with Gasteiger partial charge in [0.2, 0.25) is 0 Å². The first-order chi connectivity index (χ1) is 6.76. The van der Waals surface area contributed by atoms with Gasteiger partial charge in [-0.2, -0.15) is 5.26 Å². The molecular formula is C10H5FN2O. The van der Waals surface area contributed by atoms with Gasteiger partial charge < -0.3 is 4.98 Å². The molecule has 2 rings (SSSR count). The Hall–Kier alpha value is -2.15. The average molecular weight is 188 g/mol. The summed E-state index contributed by atoms with van der Waals surface area (Å²) in [5.41, 5.74) is 0.888. The number of carbonyl (C=O) groups excluding carboxylic acids is 1. The zero-order valence-corrected chi connectivity index (χ0v) is 7.04. The minimum absolute atomic E-state index is 0.0353. The van der Waals surface area contributed by atoms with E-state index in [9.17, 15) is 9.18 Å². The molecule has 0 bridgehead atoms. The van der Waals surface area contributed by atoms with Crippen LogP contribution in [0.4, 0.5) is 4.39 Å². The highest BCUT2D eigenvalue weighted by molar-refractivity contribution is 5.91. The van der Waals surface area contributed by atoms with Crippen LogP contribution in [0.1, 0.15) is 16.1 Å². The summed E-state index contributed by atoms with van der Waals surface area (Å²) >= 11 is 0. The molecule has 1 heterocycles. The monoisotopic (exact) mass is 188 g/mol. The Bertz CT molecular complexity index is 551. The number of benzene rings is 1. The van der Waals surface area contributed by atoms with Gasteiger partial charge >= 0.3 is 0 Å². The van der Waals surface area contributed by atoms with Gasteiger partial charge in [-0.05, 0) is 18.2 Å². The van der Waals surface area contributed by atoms with E-state index in [4.69, 9.17) is 5.26 Å². The Labute approximate surface area is 78.8 Å². The molecule has 0 radical (unpaired) electrons. The molecule has 0 saturated heterocycles. The summed E-state index contributed by atoms with van der Waals surface area (Å²) in [6, 6.07) is 5.93. The molecule has 4 heteroatoms. The van der Waals surface area contributed by atoms with E-state index >= 15 is 0 Å². The van der Waals surface area contributed by atoms with Crippen molar-refractivity contribution < 1.29 is 9.18 Å². The number of carbonyl (C=O) groups is 1. The number of nitrogens with one attached hydrogen (secondary N) is 1. The average Bonchev–Trinajstić information content (AvgIpc) is 2.60. The van der Waals surface area contributed by atoms with Crippen molar-refractivity contribution in [3.05, 3.63) is 35.3 Å². The third-order valence-electron chi connectivity index (χ3n) is 2.01. The molecule has 0 spiro atoms. The Kier molecular flexibility index (Phi) is 1.79. The molecule has 0 aliphatic rings. The summed E-state index contributed by atoms with van der Waals surface area (Å²) < 4.78 is 13.1. The summed E-state index contributed by atoms with van der Waals surface area (Å²) in [7, 11) is 0. The number of aldehydes is 1. The maximum atomic E-state index is 13.1. The predicted octanol–water partition coefficient (Wildman–Crippen LogP) is 1.99. The van der Waals surface area contributed by atoms with E-state index in [1.165, 1.54) is 18.2 Å². The van der Waals surface area contributed by atoms with Gasteiger partial charge in [-0.25, -0.2) is 4.39 Å². The number of aromatic amines is 1. The molecule has 0 atom stereocenters. The van der Waals surface area contributed by atoms with E-state index in [0.29, 0.717) is 22.9 Å². The van der Waals surface area contributed by atoms with Crippen molar-refractivity contribution in [3.8, 4) is 6.07 Å². The number of hydrogen-bond donors (Lipinski definition) is 1. The second kappa shape index (κ2) is 2.96. The van der Waals surface area contributed by atoms with Crippen molar-refractivity contribution in [3.63, 3.8) is 0 Å². The first-order valence-corrected chi connectivity index (χ1v) is 3.93. The second-order valence-electron chi connectivity index (χ2n) is 2.84. The van der Waals surface area contributed by atoms with E-state index in [1.807, 2.05) is 0 Å². The van der Waals surface area contributed by atoms with Crippen LogP contribution in [0.2, 0.25) is 0 Å². The maximum absolute atomic E-state index is 13.1. The molecule has 1 aromatic heterocycles. The first-order valence-electron chi connectivity index (χ1n) is 3.93. The second-order valence-corrected chi connectivity index (χ2v) is 2.84. The highest BCUT2D eigenvalue weighted by Gasteiger charge is 2.09. The van der Waals surface area contributed by atoms with Crippen molar-refractivity contribution in [1.29, 1.82) is 5.26 Å². The maximum Gasteiger partial charge on any atom is 0.166 e. The molecule has 68 valence electrons. The highest BCUT2D eigenvalue weighted by atomic mass is 19.1. The number of H-pyrrole nitrogens is 1. The lowest BCUT2D eigenvalue weighted by Crippen LogP contribution is -1.83. The number of fused-ring (bicyclic) bond motifs is 1. The Balaban J connectivity index is 2.87. The molecule has 0 aliphatic heterocycles. The summed E-state index contributed by atoms with van der Waals surface area (Å²) in [6.45, 7) is 0. The lowest BCUT2D eigenvalue weighted by atomic mass is 10.1. The van der Waals surface area contributed by atoms with Crippen LogP contribution in [0.15, 0.2) is 18.2 Å². The predicted molar refractivity (Wildman–Crippen MR) is 48.4 cm³/mol. The van der Waals surface area contributed by atoms with Crippen LogP contribution in [0.5, 0.6) is 0 Å². The zero-order valence-electron chi connectivity index (χ0n) is 7.04. The number of aromatic nitrogens is 1. The molecule has 1 aromatic carbocycles. The van der Waals surface area contributed by atoms with Gasteiger partial charge in [0.25, 0.3) is 0 Å². The van der Waals surface area contributed by atoms with E-state index in [-0.39, 0.29) is 5.56 Å². The van der Waals surface area contributed by atoms with Crippen LogP contribution in [0, 0.1) is 17.1 Å². The van der Waals surface area contributed by atoms with Gasteiger partial charge in [-0.15, -0.1) is 0 Å². The molecule has 2 aromatic rings. The number of halogens is 1. The quantitative estimate of drug-likeness (QED) is 0.695. The minimum Gasteiger partial charge on any atom is -0.352 e. The fourth-order valence-corrected chi connectivity index (χ4v) is 1.38. The van der Waals surface area contributed by atoms with Crippen molar-refractivity contribution in [1.82, 2.24) is 4.98 Å². The van der Waals surface area contributed by atoms with Crippen LogP contribution in [0.25, 0.3) is 10.9 Å². The molecule has 0 saturated carbocycles. The molecule has 0 aliphatic carbocycles. The van der Waals surface area contributed by atoms with Crippen molar-refractivity contribution in [2.24, 2.45) is 0 Å². The molecule has 14 heavy (non-hydrogen) atoms. The molecule has 3 nitrogen and oxygen atoms in total. The Morgan fingerprint density at radius 2 is 2.29 bits per heavy atom. The normalized spacial score (nSPS) is 10.0. The first kappa shape index (κ1) is 8.45. The van der Waals surface area contributed by atoms with E-state index in [0.717, 1.165) is 0 Å². The van der Waals surface area contributed by atoms with Gasteiger partial charge in [0.15, 0.2) is 6.29 Å². The van der Waals surface area contributed by atoms with Crippen molar-refractivity contribution in [2.75, 3.05) is 0 Å². The van der Waals surface area contributed by atoms with E-state index in [1.54, 1.807) is 6.07 Å². The van der Waals surface area contributed by atoms with Crippen LogP contribution in [0.3, 0.4) is 0 Å². The SMILES string of the molecule is N#Cc1c(F)ccc2[nH]c(C=O)cc12. The van der Waals surface area contributed by atoms with Gasteiger partial charge in [0.05, 0.1) is 11.3 Å². The zero-order chi connectivity index (χ0) is 10.1. The molecule has 0 amide bonds. The lowest BCUT2D eigenvalue weighted by Gasteiger charge is -1.93. The van der Waals surface area contributed by atoms with Crippen LogP contribution in [-0.4, -0.2) is 11.3 Å². The smallest absolute Gasteiger partial charge is 0.166 e. The fraction of sp³-hybridized carbons (Fsp3) is 0. The van der Waals surface area contributed by atoms with E-state index in [2.05, 4.69) is 4.98 Å². The topological polar surface area (TPSA) is 56.6 Å². The van der Waals surface area contributed by atoms with Gasteiger partial charge in [0, 0.05) is 10.9 Å². The largest absolute Gasteiger partial charge is 0.352 e. The lowest BCUT2D eigenvalue weighted by molar-refractivity contribution is 0.112. The summed E-state index contributed by atoms with van der Waals surface area (Å²) in [6.07, 6.45) is 0.624. The summed E-state index contributed by atoms with van der Waals surface area (Å²) in [5.74, 6) is -0.573. The number of hydrogen-bond acceptors (Lipinski definition) is 2. The summed E-state index contributed by atoms with van der Waals surface area (Å²) in [5, 5.41) is 9.15. The standard InChI is InChI=1S/C10H5FN2O/c11-9-1-2-10-7(8(9)4-12)3-6(5-14)13-10/h1-3,5,13H. The van der Waals surface area contributed by atoms with Gasteiger partial charge in [0.1, 0.15) is 11.9 Å². The van der Waals surface area contributed by atoms with Crippen molar-refractivity contribution in [2.45, 2.75) is 0 Å². The molecular weight excluding hydrogens is 183 g/mol. The van der Waals surface area contributed by atoms with Gasteiger partial charge in [-0.1, -0.05) is 0 Å². The minimum atomic E-state index is -0.573. The molecule has 0 unspecified atom stereocenters. The molecule has 0 fully saturated rings. The fourth-order valence-electron chi connectivity index (χ4n) is 1.38. The number of nitriles is 1. The Morgan fingerprint density at radius 3 is 2.93 bits per heavy atom. The van der Waals surface area contributed by atoms with Crippen LogP contribution < -0.4 is 0 Å². The van der Waals surface area contributed by atoms with Crippen LogP contribution in [-0.2, 0) is 0 Å². The van der Waals surface area contributed by atoms with Gasteiger partial charge in [-0.3, -0.25) is 4.79 Å². The third-order valence-corrected chi connectivity index (χ3v) is 2.01. The van der Waals surface area contributed by atoms with Crippen LogP contribution >= 0.6 is 0 Å². The third kappa shape index (κ3) is 1.07. The van der Waals surface area contributed by atoms with E-state index < -0.39 is 5.82 Å². The van der Waals surface area contributed by atoms with Crippen molar-refractivity contribution >= 4 is 17.2 Å².